The van der Waals surface area contributed by atoms with E-state index in [0.29, 0.717) is 0 Å². The van der Waals surface area contributed by atoms with Gasteiger partial charge in [-0.2, -0.15) is 0 Å². The van der Waals surface area contributed by atoms with Crippen molar-refractivity contribution in [3.8, 4) is 0 Å². The maximum atomic E-state index is 5.91. The standard InChI is InChI=1S/C19H26N2O2S/c1-15-3-8-19(23-15)18(21-9-11-22-12-10-21)14-20-13-16-4-6-17(24-2)7-5-16/h3-8,18,20H,9-14H2,1-2H3. The second kappa shape index (κ2) is 8.72. The molecular formula is C19H26N2O2S. The molecule has 5 heteroatoms. The zero-order valence-electron chi connectivity index (χ0n) is 14.5. The SMILES string of the molecule is CSc1ccc(CNCC(c2ccc(C)o2)N2CCOCC2)cc1. The maximum Gasteiger partial charge on any atom is 0.122 e. The van der Waals surface area contributed by atoms with Gasteiger partial charge in [0, 0.05) is 31.1 Å². The number of benzene rings is 1. The van der Waals surface area contributed by atoms with Gasteiger partial charge in [0.15, 0.2) is 0 Å². The number of nitrogens with zero attached hydrogens (tertiary/aromatic N) is 1. The Hall–Kier alpha value is -1.27. The highest BCUT2D eigenvalue weighted by molar-refractivity contribution is 7.98. The Morgan fingerprint density at radius 2 is 1.88 bits per heavy atom. The van der Waals surface area contributed by atoms with E-state index < -0.39 is 0 Å². The summed E-state index contributed by atoms with van der Waals surface area (Å²) in [5.74, 6) is 2.01. The minimum Gasteiger partial charge on any atom is -0.465 e. The molecule has 0 bridgehead atoms. The molecule has 1 saturated heterocycles. The van der Waals surface area contributed by atoms with E-state index in [1.165, 1.54) is 10.5 Å². The van der Waals surface area contributed by atoms with Gasteiger partial charge in [0.05, 0.1) is 19.3 Å². The third kappa shape index (κ3) is 4.63. The Balaban J connectivity index is 1.60. The van der Waals surface area contributed by atoms with Gasteiger partial charge in [0.1, 0.15) is 11.5 Å². The van der Waals surface area contributed by atoms with E-state index in [4.69, 9.17) is 9.15 Å². The van der Waals surface area contributed by atoms with Crippen LogP contribution in [0.25, 0.3) is 0 Å². The van der Waals surface area contributed by atoms with Gasteiger partial charge >= 0.3 is 0 Å². The first-order valence-corrected chi connectivity index (χ1v) is 9.70. The molecule has 1 aromatic heterocycles. The summed E-state index contributed by atoms with van der Waals surface area (Å²) >= 11 is 1.77. The molecular weight excluding hydrogens is 320 g/mol. The van der Waals surface area contributed by atoms with Crippen LogP contribution in [-0.4, -0.2) is 44.0 Å². The van der Waals surface area contributed by atoms with Gasteiger partial charge in [-0.25, -0.2) is 0 Å². The number of furan rings is 1. The molecule has 24 heavy (non-hydrogen) atoms. The molecule has 0 spiro atoms. The summed E-state index contributed by atoms with van der Waals surface area (Å²) in [5.41, 5.74) is 1.31. The van der Waals surface area contributed by atoms with Crippen LogP contribution >= 0.6 is 11.8 Å². The molecule has 3 rings (SSSR count). The third-order valence-electron chi connectivity index (χ3n) is 4.40. The first-order valence-electron chi connectivity index (χ1n) is 8.48. The van der Waals surface area contributed by atoms with Crippen LogP contribution in [0, 0.1) is 6.92 Å². The topological polar surface area (TPSA) is 37.6 Å². The van der Waals surface area contributed by atoms with Crippen molar-refractivity contribution in [2.45, 2.75) is 24.4 Å². The molecule has 0 radical (unpaired) electrons. The van der Waals surface area contributed by atoms with Gasteiger partial charge < -0.3 is 14.5 Å². The van der Waals surface area contributed by atoms with Crippen LogP contribution in [-0.2, 0) is 11.3 Å². The fourth-order valence-electron chi connectivity index (χ4n) is 3.03. The van der Waals surface area contributed by atoms with Gasteiger partial charge in [0.2, 0.25) is 0 Å². The minimum atomic E-state index is 0.257. The molecule has 1 aliphatic rings. The number of thioether (sulfide) groups is 1. The van der Waals surface area contributed by atoms with Gasteiger partial charge in [-0.05, 0) is 43.0 Å². The monoisotopic (exact) mass is 346 g/mol. The predicted octanol–water partition coefficient (Wildman–Crippen LogP) is 3.47. The molecule has 4 nitrogen and oxygen atoms in total. The second-order valence-corrected chi connectivity index (χ2v) is 6.97. The van der Waals surface area contributed by atoms with Crippen LogP contribution in [0.15, 0.2) is 45.7 Å². The molecule has 1 unspecified atom stereocenters. The lowest BCUT2D eigenvalue weighted by molar-refractivity contribution is 0.0115. The summed E-state index contributed by atoms with van der Waals surface area (Å²) in [6, 6.07) is 13.1. The summed E-state index contributed by atoms with van der Waals surface area (Å²) in [6.07, 6.45) is 2.10. The van der Waals surface area contributed by atoms with Gasteiger partial charge in [-0.15, -0.1) is 11.8 Å². The zero-order valence-corrected chi connectivity index (χ0v) is 15.3. The number of nitrogens with one attached hydrogen (secondary N) is 1. The largest absolute Gasteiger partial charge is 0.465 e. The fourth-order valence-corrected chi connectivity index (χ4v) is 3.44. The lowest BCUT2D eigenvalue weighted by atomic mass is 10.1. The van der Waals surface area contributed by atoms with Gasteiger partial charge in [-0.3, -0.25) is 4.90 Å². The Labute approximate surface area is 148 Å². The highest BCUT2D eigenvalue weighted by Gasteiger charge is 2.24. The van der Waals surface area contributed by atoms with Crippen molar-refractivity contribution in [2.24, 2.45) is 0 Å². The number of morpholine rings is 1. The van der Waals surface area contributed by atoms with Crippen molar-refractivity contribution in [3.05, 3.63) is 53.5 Å². The summed E-state index contributed by atoms with van der Waals surface area (Å²) in [7, 11) is 0. The van der Waals surface area contributed by atoms with Crippen LogP contribution in [0.3, 0.4) is 0 Å². The van der Waals surface area contributed by atoms with E-state index in [2.05, 4.69) is 46.8 Å². The molecule has 2 heterocycles. The summed E-state index contributed by atoms with van der Waals surface area (Å²) in [6.45, 7) is 7.24. The molecule has 130 valence electrons. The highest BCUT2D eigenvalue weighted by atomic mass is 32.2. The van der Waals surface area contributed by atoms with Crippen LogP contribution in [0.4, 0.5) is 0 Å². The summed E-state index contributed by atoms with van der Waals surface area (Å²) in [5, 5.41) is 3.60. The van der Waals surface area contributed by atoms with Crippen LogP contribution in [0.5, 0.6) is 0 Å². The number of aryl methyl sites for hydroxylation is 1. The van der Waals surface area contributed by atoms with E-state index >= 15 is 0 Å². The van der Waals surface area contributed by atoms with Crippen molar-refractivity contribution in [1.82, 2.24) is 10.2 Å². The van der Waals surface area contributed by atoms with E-state index in [1.54, 1.807) is 11.8 Å². The van der Waals surface area contributed by atoms with E-state index in [9.17, 15) is 0 Å². The van der Waals surface area contributed by atoms with Crippen molar-refractivity contribution in [3.63, 3.8) is 0 Å². The lowest BCUT2D eigenvalue weighted by Crippen LogP contribution is -2.42. The molecule has 1 fully saturated rings. The molecule has 0 saturated carbocycles. The second-order valence-electron chi connectivity index (χ2n) is 6.09. The van der Waals surface area contributed by atoms with E-state index in [0.717, 1.165) is 50.9 Å². The van der Waals surface area contributed by atoms with E-state index in [-0.39, 0.29) is 6.04 Å². The van der Waals surface area contributed by atoms with Crippen LogP contribution < -0.4 is 5.32 Å². The molecule has 2 aromatic rings. The molecule has 0 aliphatic carbocycles. The third-order valence-corrected chi connectivity index (χ3v) is 5.15. The smallest absolute Gasteiger partial charge is 0.122 e. The summed E-state index contributed by atoms with van der Waals surface area (Å²) in [4.78, 5) is 3.75. The Bertz CT molecular complexity index is 621. The zero-order chi connectivity index (χ0) is 16.8. The lowest BCUT2D eigenvalue weighted by Gasteiger charge is -2.33. The quantitative estimate of drug-likeness (QED) is 0.777. The molecule has 0 amide bonds. The molecule has 1 N–H and O–H groups in total. The van der Waals surface area contributed by atoms with Crippen molar-refractivity contribution >= 4 is 11.8 Å². The fraction of sp³-hybridized carbons (Fsp3) is 0.474. The first kappa shape index (κ1) is 17.5. The van der Waals surface area contributed by atoms with Crippen molar-refractivity contribution in [2.75, 3.05) is 39.1 Å². The Morgan fingerprint density at radius 1 is 1.12 bits per heavy atom. The molecule has 1 aromatic carbocycles. The minimum absolute atomic E-state index is 0.257. The Morgan fingerprint density at radius 3 is 2.50 bits per heavy atom. The number of ether oxygens (including phenoxy) is 1. The molecule has 1 atom stereocenters. The summed E-state index contributed by atoms with van der Waals surface area (Å²) < 4.78 is 11.4. The first-order chi connectivity index (χ1) is 11.8. The number of hydrogen-bond donors (Lipinski definition) is 1. The highest BCUT2D eigenvalue weighted by Crippen LogP contribution is 2.23. The molecule has 1 aliphatic heterocycles. The van der Waals surface area contributed by atoms with E-state index in [1.807, 2.05) is 13.0 Å². The average Bonchev–Trinajstić information content (AvgIpc) is 3.06. The van der Waals surface area contributed by atoms with Gasteiger partial charge in [-0.1, -0.05) is 12.1 Å². The van der Waals surface area contributed by atoms with Crippen LogP contribution in [0.2, 0.25) is 0 Å². The number of rotatable bonds is 7. The average molecular weight is 346 g/mol. The van der Waals surface area contributed by atoms with Crippen molar-refractivity contribution in [1.29, 1.82) is 0 Å². The van der Waals surface area contributed by atoms with Crippen LogP contribution in [0.1, 0.15) is 23.1 Å². The van der Waals surface area contributed by atoms with Gasteiger partial charge in [0.25, 0.3) is 0 Å². The predicted molar refractivity (Wildman–Crippen MR) is 98.5 cm³/mol. The Kier molecular flexibility index (Phi) is 6.37. The van der Waals surface area contributed by atoms with Crippen molar-refractivity contribution < 1.29 is 9.15 Å². The number of hydrogen-bond acceptors (Lipinski definition) is 5. The normalized spacial score (nSPS) is 17.1. The maximum absolute atomic E-state index is 5.91.